The summed E-state index contributed by atoms with van der Waals surface area (Å²) in [5.41, 5.74) is 1.34. The second kappa shape index (κ2) is 5.40. The minimum atomic E-state index is -0.779. The second-order valence-electron chi connectivity index (χ2n) is 5.99. The summed E-state index contributed by atoms with van der Waals surface area (Å²) >= 11 is 0. The first kappa shape index (κ1) is 14.5. The van der Waals surface area contributed by atoms with Crippen molar-refractivity contribution in [2.75, 3.05) is 13.2 Å². The standard InChI is InChI=1S/C16H23N3O2/c1-11(17-10-16(20)8-9-21-12(16)2)15-18-13-6-4-5-7-14(13)19(15)3/h4-7,11-12,17,20H,8-10H2,1-3H3. The van der Waals surface area contributed by atoms with E-state index in [9.17, 15) is 5.11 Å². The first-order valence-corrected chi connectivity index (χ1v) is 7.50. The van der Waals surface area contributed by atoms with Gasteiger partial charge in [-0.3, -0.25) is 0 Å². The zero-order valence-corrected chi connectivity index (χ0v) is 12.8. The summed E-state index contributed by atoms with van der Waals surface area (Å²) in [6.45, 7) is 5.14. The maximum absolute atomic E-state index is 10.5. The van der Waals surface area contributed by atoms with Crippen molar-refractivity contribution in [1.82, 2.24) is 14.9 Å². The zero-order chi connectivity index (χ0) is 15.0. The molecule has 1 aromatic heterocycles. The van der Waals surface area contributed by atoms with Crippen molar-refractivity contribution in [2.24, 2.45) is 7.05 Å². The SMILES string of the molecule is CC(NCC1(O)CCOC1C)c1nc2ccccc2n1C. The van der Waals surface area contributed by atoms with Gasteiger partial charge in [0, 0.05) is 26.6 Å². The molecule has 3 rings (SSSR count). The van der Waals surface area contributed by atoms with Crippen molar-refractivity contribution >= 4 is 11.0 Å². The number of fused-ring (bicyclic) bond motifs is 1. The predicted molar refractivity (Wildman–Crippen MR) is 82.1 cm³/mol. The van der Waals surface area contributed by atoms with Gasteiger partial charge in [0.05, 0.1) is 23.2 Å². The Morgan fingerprint density at radius 2 is 2.29 bits per heavy atom. The van der Waals surface area contributed by atoms with E-state index in [2.05, 4.69) is 27.9 Å². The van der Waals surface area contributed by atoms with Crippen molar-refractivity contribution < 1.29 is 9.84 Å². The molecule has 1 aliphatic heterocycles. The lowest BCUT2D eigenvalue weighted by molar-refractivity contribution is -0.0275. The Hall–Kier alpha value is -1.43. The fraction of sp³-hybridized carbons (Fsp3) is 0.562. The fourth-order valence-electron chi connectivity index (χ4n) is 2.98. The minimum Gasteiger partial charge on any atom is -0.386 e. The van der Waals surface area contributed by atoms with Crippen LogP contribution >= 0.6 is 0 Å². The van der Waals surface area contributed by atoms with E-state index in [0.29, 0.717) is 19.6 Å². The van der Waals surface area contributed by atoms with Crippen LogP contribution in [0.2, 0.25) is 0 Å². The lowest BCUT2D eigenvalue weighted by atomic mass is 9.96. The molecule has 2 aromatic rings. The topological polar surface area (TPSA) is 59.3 Å². The zero-order valence-electron chi connectivity index (χ0n) is 12.8. The number of hydrogen-bond donors (Lipinski definition) is 2. The maximum Gasteiger partial charge on any atom is 0.126 e. The molecule has 1 aromatic carbocycles. The predicted octanol–water partition coefficient (Wildman–Crippen LogP) is 1.76. The number of para-hydroxylation sites is 2. The molecule has 0 saturated carbocycles. The molecule has 1 aliphatic rings. The summed E-state index contributed by atoms with van der Waals surface area (Å²) < 4.78 is 7.57. The maximum atomic E-state index is 10.5. The third kappa shape index (κ3) is 2.57. The highest BCUT2D eigenvalue weighted by atomic mass is 16.5. The summed E-state index contributed by atoms with van der Waals surface area (Å²) in [4.78, 5) is 4.69. The number of aromatic nitrogens is 2. The van der Waals surface area contributed by atoms with Gasteiger partial charge < -0.3 is 19.7 Å². The highest BCUT2D eigenvalue weighted by Gasteiger charge is 2.39. The van der Waals surface area contributed by atoms with E-state index in [1.165, 1.54) is 0 Å². The van der Waals surface area contributed by atoms with Gasteiger partial charge in [-0.2, -0.15) is 0 Å². The van der Waals surface area contributed by atoms with Crippen molar-refractivity contribution in [3.8, 4) is 0 Å². The molecular weight excluding hydrogens is 266 g/mol. The van der Waals surface area contributed by atoms with Crippen LogP contribution in [0.1, 0.15) is 32.1 Å². The molecule has 5 heteroatoms. The van der Waals surface area contributed by atoms with Crippen LogP contribution in [-0.4, -0.2) is 39.5 Å². The number of ether oxygens (including phenoxy) is 1. The average molecular weight is 289 g/mol. The molecule has 21 heavy (non-hydrogen) atoms. The number of rotatable bonds is 4. The van der Waals surface area contributed by atoms with Gasteiger partial charge in [0.25, 0.3) is 0 Å². The Balaban J connectivity index is 1.75. The molecule has 3 atom stereocenters. The fourth-order valence-corrected chi connectivity index (χ4v) is 2.98. The molecule has 114 valence electrons. The second-order valence-corrected chi connectivity index (χ2v) is 5.99. The summed E-state index contributed by atoms with van der Waals surface area (Å²) in [5, 5.41) is 14.0. The quantitative estimate of drug-likeness (QED) is 0.900. The summed E-state index contributed by atoms with van der Waals surface area (Å²) in [6, 6.07) is 8.17. The third-order valence-corrected chi connectivity index (χ3v) is 4.58. The van der Waals surface area contributed by atoms with Crippen LogP contribution < -0.4 is 5.32 Å². The van der Waals surface area contributed by atoms with Crippen LogP contribution in [0.5, 0.6) is 0 Å². The van der Waals surface area contributed by atoms with Gasteiger partial charge in [-0.25, -0.2) is 4.98 Å². The van der Waals surface area contributed by atoms with E-state index in [1.54, 1.807) is 0 Å². The van der Waals surface area contributed by atoms with Gasteiger partial charge in [0.15, 0.2) is 0 Å². The number of benzene rings is 1. The molecule has 1 fully saturated rings. The number of aryl methyl sites for hydroxylation is 1. The van der Waals surface area contributed by atoms with Crippen LogP contribution in [0.4, 0.5) is 0 Å². The van der Waals surface area contributed by atoms with Crippen LogP contribution in [0.15, 0.2) is 24.3 Å². The Morgan fingerprint density at radius 3 is 2.95 bits per heavy atom. The van der Waals surface area contributed by atoms with Crippen LogP contribution in [0.3, 0.4) is 0 Å². The lowest BCUT2D eigenvalue weighted by Crippen LogP contribution is -2.46. The molecule has 2 heterocycles. The number of imidazole rings is 1. The number of hydrogen-bond acceptors (Lipinski definition) is 4. The van der Waals surface area contributed by atoms with Gasteiger partial charge in [0.2, 0.25) is 0 Å². The monoisotopic (exact) mass is 289 g/mol. The van der Waals surface area contributed by atoms with Crippen LogP contribution in [0.25, 0.3) is 11.0 Å². The van der Waals surface area contributed by atoms with E-state index in [-0.39, 0.29) is 12.1 Å². The van der Waals surface area contributed by atoms with Crippen molar-refractivity contribution in [2.45, 2.75) is 38.0 Å². The molecule has 1 saturated heterocycles. The molecule has 0 bridgehead atoms. The molecule has 0 amide bonds. The number of nitrogens with zero attached hydrogens (tertiary/aromatic N) is 2. The smallest absolute Gasteiger partial charge is 0.126 e. The Kier molecular flexibility index (Phi) is 3.73. The first-order chi connectivity index (χ1) is 10.0. The Labute approximate surface area is 124 Å². The van der Waals surface area contributed by atoms with Crippen LogP contribution in [-0.2, 0) is 11.8 Å². The number of aliphatic hydroxyl groups is 1. The lowest BCUT2D eigenvalue weighted by Gasteiger charge is -2.28. The van der Waals surface area contributed by atoms with Crippen molar-refractivity contribution in [3.63, 3.8) is 0 Å². The Bertz CT molecular complexity index is 639. The summed E-state index contributed by atoms with van der Waals surface area (Å²) in [6.07, 6.45) is 0.550. The summed E-state index contributed by atoms with van der Waals surface area (Å²) in [5.74, 6) is 0.978. The summed E-state index contributed by atoms with van der Waals surface area (Å²) in [7, 11) is 2.03. The van der Waals surface area contributed by atoms with E-state index in [0.717, 1.165) is 16.9 Å². The molecule has 2 N–H and O–H groups in total. The average Bonchev–Trinajstić information content (AvgIpc) is 2.99. The molecule has 5 nitrogen and oxygen atoms in total. The van der Waals surface area contributed by atoms with E-state index in [1.807, 2.05) is 32.2 Å². The molecule has 0 radical (unpaired) electrons. The van der Waals surface area contributed by atoms with E-state index in [4.69, 9.17) is 4.74 Å². The van der Waals surface area contributed by atoms with Gasteiger partial charge in [-0.15, -0.1) is 0 Å². The minimum absolute atomic E-state index is 0.0687. The first-order valence-electron chi connectivity index (χ1n) is 7.50. The van der Waals surface area contributed by atoms with Gasteiger partial charge in [-0.1, -0.05) is 12.1 Å². The highest BCUT2D eigenvalue weighted by molar-refractivity contribution is 5.75. The Morgan fingerprint density at radius 1 is 1.52 bits per heavy atom. The normalized spacial score (nSPS) is 27.3. The highest BCUT2D eigenvalue weighted by Crippen LogP contribution is 2.26. The van der Waals surface area contributed by atoms with Gasteiger partial charge >= 0.3 is 0 Å². The third-order valence-electron chi connectivity index (χ3n) is 4.58. The van der Waals surface area contributed by atoms with Crippen molar-refractivity contribution in [3.05, 3.63) is 30.1 Å². The molecule has 0 spiro atoms. The van der Waals surface area contributed by atoms with E-state index >= 15 is 0 Å². The van der Waals surface area contributed by atoms with E-state index < -0.39 is 5.60 Å². The molecular formula is C16H23N3O2. The van der Waals surface area contributed by atoms with Crippen molar-refractivity contribution in [1.29, 1.82) is 0 Å². The number of nitrogens with one attached hydrogen (secondary N) is 1. The van der Waals surface area contributed by atoms with Gasteiger partial charge in [-0.05, 0) is 26.0 Å². The largest absolute Gasteiger partial charge is 0.386 e. The van der Waals surface area contributed by atoms with Crippen LogP contribution in [0, 0.1) is 0 Å². The van der Waals surface area contributed by atoms with Gasteiger partial charge in [0.1, 0.15) is 11.4 Å². The molecule has 0 aliphatic carbocycles. The molecule has 3 unspecified atom stereocenters.